The van der Waals surface area contributed by atoms with Crippen LogP contribution in [0.2, 0.25) is 0 Å². The SMILES string of the molecule is NC1=NC(N)(c2ccc(Oc3ccc4[nH]ncc4c3)c(F)c2)C=CN1. The zero-order valence-electron chi connectivity index (χ0n) is 13.0. The van der Waals surface area contributed by atoms with Crippen LogP contribution in [0, 0.1) is 5.82 Å². The molecule has 0 bridgehead atoms. The molecule has 8 heteroatoms. The molecule has 1 unspecified atom stereocenters. The first-order valence-corrected chi connectivity index (χ1v) is 7.53. The molecule has 2 heterocycles. The molecule has 1 aliphatic heterocycles. The third kappa shape index (κ3) is 2.79. The molecule has 0 amide bonds. The number of aromatic amines is 1. The average molecular weight is 338 g/mol. The Morgan fingerprint density at radius 1 is 1.16 bits per heavy atom. The maximum absolute atomic E-state index is 14.5. The van der Waals surface area contributed by atoms with Gasteiger partial charge in [0.2, 0.25) is 0 Å². The molecule has 1 atom stereocenters. The van der Waals surface area contributed by atoms with Crippen LogP contribution in [-0.4, -0.2) is 16.2 Å². The molecule has 6 N–H and O–H groups in total. The predicted octanol–water partition coefficient (Wildman–Crippen LogP) is 2.04. The summed E-state index contributed by atoms with van der Waals surface area (Å²) in [6, 6.07) is 9.78. The van der Waals surface area contributed by atoms with Crippen molar-refractivity contribution in [3.8, 4) is 11.5 Å². The first-order chi connectivity index (χ1) is 12.0. The summed E-state index contributed by atoms with van der Waals surface area (Å²) in [7, 11) is 0. The lowest BCUT2D eigenvalue weighted by atomic mass is 10.00. The molecule has 0 spiro atoms. The molecule has 7 nitrogen and oxygen atoms in total. The largest absolute Gasteiger partial charge is 0.454 e. The number of H-pyrrole nitrogens is 1. The fraction of sp³-hybridized carbons (Fsp3) is 0.0588. The molecule has 0 fully saturated rings. The molecule has 4 rings (SSSR count). The molecule has 2 aromatic carbocycles. The third-order valence-corrected chi connectivity index (χ3v) is 3.91. The van der Waals surface area contributed by atoms with Gasteiger partial charge in [-0.1, -0.05) is 6.07 Å². The van der Waals surface area contributed by atoms with Gasteiger partial charge in [-0.05, 0) is 36.4 Å². The first-order valence-electron chi connectivity index (χ1n) is 7.53. The van der Waals surface area contributed by atoms with Gasteiger partial charge in [0, 0.05) is 17.1 Å². The van der Waals surface area contributed by atoms with Crippen molar-refractivity contribution in [3.05, 3.63) is 66.3 Å². The third-order valence-electron chi connectivity index (χ3n) is 3.91. The van der Waals surface area contributed by atoms with Crippen LogP contribution >= 0.6 is 0 Å². The summed E-state index contributed by atoms with van der Waals surface area (Å²) in [5, 5.41) is 10.4. The molecule has 0 radical (unpaired) electrons. The van der Waals surface area contributed by atoms with Gasteiger partial charge in [-0.25, -0.2) is 9.38 Å². The van der Waals surface area contributed by atoms with Crippen molar-refractivity contribution in [3.63, 3.8) is 0 Å². The van der Waals surface area contributed by atoms with E-state index in [0.29, 0.717) is 11.3 Å². The Labute approximate surface area is 142 Å². The van der Waals surface area contributed by atoms with Gasteiger partial charge in [-0.2, -0.15) is 5.10 Å². The van der Waals surface area contributed by atoms with Crippen molar-refractivity contribution in [1.82, 2.24) is 15.5 Å². The Balaban J connectivity index is 1.63. The normalized spacial score (nSPS) is 19.5. The van der Waals surface area contributed by atoms with E-state index in [1.54, 1.807) is 36.7 Å². The number of halogens is 1. The van der Waals surface area contributed by atoms with Crippen LogP contribution in [0.4, 0.5) is 4.39 Å². The van der Waals surface area contributed by atoms with Gasteiger partial charge in [-0.3, -0.25) is 10.8 Å². The van der Waals surface area contributed by atoms with Gasteiger partial charge in [-0.15, -0.1) is 0 Å². The van der Waals surface area contributed by atoms with E-state index in [1.807, 2.05) is 6.07 Å². The van der Waals surface area contributed by atoms with Gasteiger partial charge in [0.25, 0.3) is 0 Å². The maximum atomic E-state index is 14.5. The highest BCUT2D eigenvalue weighted by atomic mass is 19.1. The summed E-state index contributed by atoms with van der Waals surface area (Å²) in [6.45, 7) is 0. The summed E-state index contributed by atoms with van der Waals surface area (Å²) in [5.74, 6) is 0.214. The summed E-state index contributed by atoms with van der Waals surface area (Å²) >= 11 is 0. The van der Waals surface area contributed by atoms with E-state index in [-0.39, 0.29) is 11.7 Å². The number of hydrogen-bond donors (Lipinski definition) is 4. The molecule has 3 aromatic rings. The number of ether oxygens (including phenoxy) is 1. The lowest BCUT2D eigenvalue weighted by molar-refractivity contribution is 0.440. The molecule has 1 aromatic heterocycles. The zero-order chi connectivity index (χ0) is 17.4. The minimum absolute atomic E-state index is 0.0880. The molecule has 1 aliphatic rings. The van der Waals surface area contributed by atoms with Crippen LogP contribution in [0.15, 0.2) is 59.9 Å². The van der Waals surface area contributed by atoms with Gasteiger partial charge in [0.15, 0.2) is 23.2 Å². The topological polar surface area (TPSA) is 114 Å². The van der Waals surface area contributed by atoms with Crippen molar-refractivity contribution in [2.75, 3.05) is 0 Å². The van der Waals surface area contributed by atoms with E-state index in [2.05, 4.69) is 20.5 Å². The molecule has 0 aliphatic carbocycles. The summed E-state index contributed by atoms with van der Waals surface area (Å²) in [6.07, 6.45) is 4.85. The average Bonchev–Trinajstić information content (AvgIpc) is 3.04. The van der Waals surface area contributed by atoms with E-state index < -0.39 is 11.5 Å². The second-order valence-electron chi connectivity index (χ2n) is 5.67. The second kappa shape index (κ2) is 5.60. The fourth-order valence-electron chi connectivity index (χ4n) is 2.63. The monoisotopic (exact) mass is 338 g/mol. The minimum atomic E-state index is -1.22. The van der Waals surface area contributed by atoms with Gasteiger partial charge >= 0.3 is 0 Å². The predicted molar refractivity (Wildman–Crippen MR) is 92.3 cm³/mol. The van der Waals surface area contributed by atoms with Crippen LogP contribution in [0.3, 0.4) is 0 Å². The second-order valence-corrected chi connectivity index (χ2v) is 5.67. The maximum Gasteiger partial charge on any atom is 0.195 e. The molecule has 126 valence electrons. The van der Waals surface area contributed by atoms with Crippen LogP contribution in [-0.2, 0) is 5.66 Å². The lowest BCUT2D eigenvalue weighted by Crippen LogP contribution is -2.42. The van der Waals surface area contributed by atoms with Gasteiger partial charge in [0.05, 0.1) is 11.7 Å². The molecular formula is C17H15FN6O. The number of aromatic nitrogens is 2. The van der Waals surface area contributed by atoms with Gasteiger partial charge < -0.3 is 15.8 Å². The van der Waals surface area contributed by atoms with Crippen LogP contribution < -0.4 is 21.5 Å². The number of fused-ring (bicyclic) bond motifs is 1. The van der Waals surface area contributed by atoms with Crippen molar-refractivity contribution in [1.29, 1.82) is 0 Å². The Kier molecular flexibility index (Phi) is 3.40. The number of aliphatic imine (C=N–C) groups is 1. The summed E-state index contributed by atoms with van der Waals surface area (Å²) in [5.41, 5.74) is 11.9. The Bertz CT molecular complexity index is 1010. The number of guanidine groups is 1. The molecule has 25 heavy (non-hydrogen) atoms. The lowest BCUT2D eigenvalue weighted by Gasteiger charge is -2.25. The minimum Gasteiger partial charge on any atom is -0.454 e. The number of hydrogen-bond acceptors (Lipinski definition) is 6. The summed E-state index contributed by atoms with van der Waals surface area (Å²) < 4.78 is 20.1. The molecule has 0 saturated heterocycles. The number of nitrogens with zero attached hydrogens (tertiary/aromatic N) is 2. The van der Waals surface area contributed by atoms with Crippen molar-refractivity contribution in [2.45, 2.75) is 5.66 Å². The van der Waals surface area contributed by atoms with Crippen molar-refractivity contribution >= 4 is 16.9 Å². The number of nitrogens with two attached hydrogens (primary N) is 2. The van der Waals surface area contributed by atoms with Crippen LogP contribution in [0.1, 0.15) is 5.56 Å². The first kappa shape index (κ1) is 15.2. The Hall–Kier alpha value is -3.39. The van der Waals surface area contributed by atoms with Crippen molar-refractivity contribution < 1.29 is 9.13 Å². The van der Waals surface area contributed by atoms with Gasteiger partial charge in [0.1, 0.15) is 5.75 Å². The standard InChI is InChI=1S/C17H15FN6O/c18-13-8-11(17(20)5-6-21-16(19)23-17)1-4-15(13)25-12-2-3-14-10(7-12)9-22-24-14/h1-9H,20H2,(H,22,24)(H3,19,21,23). The number of benzene rings is 2. The van der Waals surface area contributed by atoms with E-state index in [9.17, 15) is 4.39 Å². The number of nitrogens with one attached hydrogen (secondary N) is 2. The quantitative estimate of drug-likeness (QED) is 0.583. The molecule has 0 saturated carbocycles. The smallest absolute Gasteiger partial charge is 0.195 e. The fourth-order valence-corrected chi connectivity index (χ4v) is 2.63. The highest BCUT2D eigenvalue weighted by molar-refractivity contribution is 5.81. The summed E-state index contributed by atoms with van der Waals surface area (Å²) in [4.78, 5) is 4.12. The highest BCUT2D eigenvalue weighted by Gasteiger charge is 2.27. The van der Waals surface area contributed by atoms with E-state index >= 15 is 0 Å². The number of rotatable bonds is 3. The Morgan fingerprint density at radius 2 is 2.04 bits per heavy atom. The van der Waals surface area contributed by atoms with Crippen LogP contribution in [0.25, 0.3) is 10.9 Å². The molecular weight excluding hydrogens is 323 g/mol. The van der Waals surface area contributed by atoms with Crippen molar-refractivity contribution in [2.24, 2.45) is 16.5 Å². The van der Waals surface area contributed by atoms with E-state index in [0.717, 1.165) is 10.9 Å². The highest BCUT2D eigenvalue weighted by Crippen LogP contribution is 2.31. The zero-order valence-corrected chi connectivity index (χ0v) is 13.0. The Morgan fingerprint density at radius 3 is 2.84 bits per heavy atom. The van der Waals surface area contributed by atoms with Crippen LogP contribution in [0.5, 0.6) is 11.5 Å². The van der Waals surface area contributed by atoms with E-state index in [1.165, 1.54) is 12.1 Å². The van der Waals surface area contributed by atoms with E-state index in [4.69, 9.17) is 16.2 Å².